The maximum Gasteiger partial charge on any atom is 0.317 e. The Morgan fingerprint density at radius 1 is 1.43 bits per heavy atom. The molecule has 0 saturated heterocycles. The van der Waals surface area contributed by atoms with E-state index in [2.05, 4.69) is 5.32 Å². The Kier molecular flexibility index (Phi) is 6.74. The van der Waals surface area contributed by atoms with Crippen LogP contribution in [0.25, 0.3) is 0 Å². The van der Waals surface area contributed by atoms with Gasteiger partial charge in [-0.1, -0.05) is 0 Å². The number of nitrogens with zero attached hydrogens (tertiary/aromatic N) is 1. The van der Waals surface area contributed by atoms with Gasteiger partial charge >= 0.3 is 6.03 Å². The van der Waals surface area contributed by atoms with E-state index in [1.54, 1.807) is 0 Å². The fourth-order valence-corrected chi connectivity index (χ4v) is 0.981. The van der Waals surface area contributed by atoms with E-state index in [1.165, 1.54) is 11.8 Å². The zero-order chi connectivity index (χ0) is 11.0. The van der Waals surface area contributed by atoms with Crippen molar-refractivity contribution < 1.29 is 14.7 Å². The van der Waals surface area contributed by atoms with Crippen molar-refractivity contribution in [1.82, 2.24) is 10.2 Å². The van der Waals surface area contributed by atoms with Crippen LogP contribution in [0.5, 0.6) is 0 Å². The van der Waals surface area contributed by atoms with Crippen molar-refractivity contribution in [1.29, 1.82) is 0 Å². The predicted molar refractivity (Wildman–Crippen MR) is 53.0 cm³/mol. The molecule has 82 valence electrons. The van der Waals surface area contributed by atoms with E-state index in [0.717, 1.165) is 0 Å². The summed E-state index contributed by atoms with van der Waals surface area (Å²) in [6.45, 7) is 4.50. The van der Waals surface area contributed by atoms with Crippen molar-refractivity contribution in [2.24, 2.45) is 0 Å². The van der Waals surface area contributed by atoms with Gasteiger partial charge in [-0.25, -0.2) is 4.79 Å². The Morgan fingerprint density at radius 2 is 2.07 bits per heavy atom. The summed E-state index contributed by atoms with van der Waals surface area (Å²) in [5.74, 6) is 0.0514. The summed E-state index contributed by atoms with van der Waals surface area (Å²) in [5, 5.41) is 11.3. The van der Waals surface area contributed by atoms with E-state index >= 15 is 0 Å². The lowest BCUT2D eigenvalue weighted by molar-refractivity contribution is -0.116. The molecule has 0 fully saturated rings. The SMILES string of the molecule is CCN(CCO)C(=O)NCCC(C)=O. The van der Waals surface area contributed by atoms with Crippen LogP contribution in [-0.2, 0) is 4.79 Å². The van der Waals surface area contributed by atoms with Gasteiger partial charge in [-0.15, -0.1) is 0 Å². The van der Waals surface area contributed by atoms with Crippen molar-refractivity contribution >= 4 is 11.8 Å². The molecule has 0 atom stereocenters. The van der Waals surface area contributed by atoms with Crippen molar-refractivity contribution in [3.05, 3.63) is 0 Å². The summed E-state index contributed by atoms with van der Waals surface area (Å²) in [4.78, 5) is 23.4. The Bertz CT molecular complexity index is 194. The van der Waals surface area contributed by atoms with Crippen LogP contribution >= 0.6 is 0 Å². The molecule has 0 aliphatic rings. The minimum Gasteiger partial charge on any atom is -0.395 e. The van der Waals surface area contributed by atoms with Crippen LogP contribution in [0, 0.1) is 0 Å². The quantitative estimate of drug-likeness (QED) is 0.636. The summed E-state index contributed by atoms with van der Waals surface area (Å²) in [6.07, 6.45) is 0.350. The summed E-state index contributed by atoms with van der Waals surface area (Å²) < 4.78 is 0. The van der Waals surface area contributed by atoms with Crippen molar-refractivity contribution in [3.8, 4) is 0 Å². The molecule has 0 radical (unpaired) electrons. The normalized spacial score (nSPS) is 9.64. The molecule has 0 aromatic rings. The largest absolute Gasteiger partial charge is 0.395 e. The molecule has 0 rings (SSSR count). The van der Waals surface area contributed by atoms with E-state index in [9.17, 15) is 9.59 Å². The van der Waals surface area contributed by atoms with E-state index < -0.39 is 0 Å². The van der Waals surface area contributed by atoms with Gasteiger partial charge in [0.1, 0.15) is 5.78 Å². The first-order chi connectivity index (χ1) is 6.61. The van der Waals surface area contributed by atoms with Crippen molar-refractivity contribution in [2.75, 3.05) is 26.2 Å². The average molecular weight is 202 g/mol. The zero-order valence-corrected chi connectivity index (χ0v) is 8.75. The monoisotopic (exact) mass is 202 g/mol. The van der Waals surface area contributed by atoms with Crippen LogP contribution in [0.1, 0.15) is 20.3 Å². The summed E-state index contributed by atoms with van der Waals surface area (Å²) >= 11 is 0. The van der Waals surface area contributed by atoms with Gasteiger partial charge < -0.3 is 15.3 Å². The van der Waals surface area contributed by atoms with Gasteiger partial charge in [0.2, 0.25) is 0 Å². The molecule has 5 heteroatoms. The highest BCUT2D eigenvalue weighted by atomic mass is 16.3. The highest BCUT2D eigenvalue weighted by Gasteiger charge is 2.09. The standard InChI is InChI=1S/C9H18N2O3/c1-3-11(6-7-12)9(14)10-5-4-8(2)13/h12H,3-7H2,1-2H3,(H,10,14). The lowest BCUT2D eigenvalue weighted by Crippen LogP contribution is -2.41. The number of amides is 2. The third kappa shape index (κ3) is 5.53. The second-order valence-electron chi connectivity index (χ2n) is 2.99. The van der Waals surface area contributed by atoms with E-state index in [1.807, 2.05) is 6.92 Å². The molecule has 0 aliphatic heterocycles. The molecule has 0 bridgehead atoms. The van der Waals surface area contributed by atoms with Crippen molar-refractivity contribution in [3.63, 3.8) is 0 Å². The molecular weight excluding hydrogens is 184 g/mol. The maximum atomic E-state index is 11.3. The zero-order valence-electron chi connectivity index (χ0n) is 8.75. The molecule has 5 nitrogen and oxygen atoms in total. The fourth-order valence-electron chi connectivity index (χ4n) is 0.981. The summed E-state index contributed by atoms with van der Waals surface area (Å²) in [5.41, 5.74) is 0. The first kappa shape index (κ1) is 12.9. The molecule has 14 heavy (non-hydrogen) atoms. The molecule has 0 heterocycles. The number of rotatable bonds is 6. The van der Waals surface area contributed by atoms with Crippen LogP contribution < -0.4 is 5.32 Å². The number of aliphatic hydroxyl groups excluding tert-OH is 1. The van der Waals surface area contributed by atoms with Gasteiger partial charge in [0.25, 0.3) is 0 Å². The third-order valence-electron chi connectivity index (χ3n) is 1.79. The van der Waals surface area contributed by atoms with Crippen LogP contribution in [0.15, 0.2) is 0 Å². The van der Waals surface area contributed by atoms with Gasteiger partial charge in [0.15, 0.2) is 0 Å². The number of hydrogen-bond donors (Lipinski definition) is 2. The Hall–Kier alpha value is -1.10. The molecule has 0 unspecified atom stereocenters. The number of ketones is 1. The Balaban J connectivity index is 3.74. The number of nitrogens with one attached hydrogen (secondary N) is 1. The number of hydrogen-bond acceptors (Lipinski definition) is 3. The topological polar surface area (TPSA) is 69.6 Å². The van der Waals surface area contributed by atoms with Crippen molar-refractivity contribution in [2.45, 2.75) is 20.3 Å². The molecule has 0 aromatic heterocycles. The van der Waals surface area contributed by atoms with Gasteiger partial charge in [0, 0.05) is 26.1 Å². The average Bonchev–Trinajstić information content (AvgIpc) is 2.13. The lowest BCUT2D eigenvalue weighted by Gasteiger charge is -2.19. The molecule has 2 N–H and O–H groups in total. The molecule has 0 aliphatic carbocycles. The predicted octanol–water partition coefficient (Wildman–Crippen LogP) is -0.0107. The molecular formula is C9H18N2O3. The van der Waals surface area contributed by atoms with Gasteiger partial charge in [0.05, 0.1) is 6.61 Å². The van der Waals surface area contributed by atoms with Crippen LogP contribution in [0.2, 0.25) is 0 Å². The number of Topliss-reactive ketones (excluding diaryl/α,β-unsaturated/α-hetero) is 1. The highest BCUT2D eigenvalue weighted by Crippen LogP contribution is 1.88. The van der Waals surface area contributed by atoms with Crippen LogP contribution in [0.3, 0.4) is 0 Å². The first-order valence-electron chi connectivity index (χ1n) is 4.74. The maximum absolute atomic E-state index is 11.3. The van der Waals surface area contributed by atoms with E-state index in [-0.39, 0.29) is 18.4 Å². The molecule has 0 saturated carbocycles. The Labute approximate surface area is 84.1 Å². The smallest absolute Gasteiger partial charge is 0.317 e. The minimum atomic E-state index is -0.234. The molecule has 0 aromatic carbocycles. The minimum absolute atomic E-state index is 0.0477. The van der Waals surface area contributed by atoms with Crippen LogP contribution in [0.4, 0.5) is 4.79 Å². The van der Waals surface area contributed by atoms with Gasteiger partial charge in [-0.2, -0.15) is 0 Å². The number of aliphatic hydroxyl groups is 1. The number of carbonyl (C=O) groups excluding carboxylic acids is 2. The second-order valence-corrected chi connectivity index (χ2v) is 2.99. The third-order valence-corrected chi connectivity index (χ3v) is 1.79. The lowest BCUT2D eigenvalue weighted by atomic mass is 10.3. The van der Waals surface area contributed by atoms with Crippen LogP contribution in [-0.4, -0.2) is 48.1 Å². The molecule has 0 spiro atoms. The van der Waals surface area contributed by atoms with E-state index in [0.29, 0.717) is 26.1 Å². The fraction of sp³-hybridized carbons (Fsp3) is 0.778. The number of likely N-dealkylation sites (N-methyl/N-ethyl adjacent to an activating group) is 1. The van der Waals surface area contributed by atoms with Gasteiger partial charge in [-0.05, 0) is 13.8 Å². The number of carbonyl (C=O) groups is 2. The number of urea groups is 1. The second kappa shape index (κ2) is 7.32. The Morgan fingerprint density at radius 3 is 2.50 bits per heavy atom. The highest BCUT2D eigenvalue weighted by molar-refractivity contribution is 5.77. The summed E-state index contributed by atoms with van der Waals surface area (Å²) in [6, 6.07) is -0.234. The van der Waals surface area contributed by atoms with E-state index in [4.69, 9.17) is 5.11 Å². The molecule has 2 amide bonds. The summed E-state index contributed by atoms with van der Waals surface area (Å²) in [7, 11) is 0. The first-order valence-corrected chi connectivity index (χ1v) is 4.74. The van der Waals surface area contributed by atoms with Gasteiger partial charge in [-0.3, -0.25) is 4.79 Å².